The molecule has 4 rings (SSSR count). The molecule has 0 bridgehead atoms. The molecule has 0 aliphatic carbocycles. The van der Waals surface area contributed by atoms with Crippen LogP contribution in [0.1, 0.15) is 23.1 Å². The average Bonchev–Trinajstić information content (AvgIpc) is 3.33. The van der Waals surface area contributed by atoms with Crippen LogP contribution < -0.4 is 4.90 Å². The summed E-state index contributed by atoms with van der Waals surface area (Å²) in [7, 11) is 0. The van der Waals surface area contributed by atoms with Crippen molar-refractivity contribution >= 4 is 56.6 Å². The molecule has 0 saturated carbocycles. The molecule has 1 saturated heterocycles. The van der Waals surface area contributed by atoms with Gasteiger partial charge < -0.3 is 4.74 Å². The predicted molar refractivity (Wildman–Crippen MR) is 123 cm³/mol. The zero-order valence-corrected chi connectivity index (χ0v) is 19.4. The number of morpholine rings is 1. The quantitative estimate of drug-likeness (QED) is 0.547. The first kappa shape index (κ1) is 23.0. The van der Waals surface area contributed by atoms with Crippen molar-refractivity contribution in [3.63, 3.8) is 0 Å². The van der Waals surface area contributed by atoms with Gasteiger partial charge in [-0.15, -0.1) is 12.4 Å². The number of para-hydroxylation sites is 1. The van der Waals surface area contributed by atoms with Crippen LogP contribution in [0.2, 0.25) is 5.02 Å². The van der Waals surface area contributed by atoms with Crippen LogP contribution in [-0.2, 0) is 11.3 Å². The molecule has 0 N–H and O–H groups in total. The Balaban J connectivity index is 0.00000256. The Morgan fingerprint density at radius 3 is 2.77 bits per heavy atom. The summed E-state index contributed by atoms with van der Waals surface area (Å²) in [6.45, 7) is 9.19. The van der Waals surface area contributed by atoms with E-state index in [-0.39, 0.29) is 18.3 Å². The van der Waals surface area contributed by atoms with Gasteiger partial charge in [-0.2, -0.15) is 5.10 Å². The number of anilines is 1. The third-order valence-electron chi connectivity index (χ3n) is 5.08. The highest BCUT2D eigenvalue weighted by molar-refractivity contribution is 7.22. The smallest absolute Gasteiger partial charge is 0.280 e. The molecule has 1 aromatic carbocycles. The maximum atomic E-state index is 13.4. The molecule has 7 nitrogen and oxygen atoms in total. The summed E-state index contributed by atoms with van der Waals surface area (Å²) >= 11 is 7.79. The van der Waals surface area contributed by atoms with E-state index in [1.165, 1.54) is 11.3 Å². The lowest BCUT2D eigenvalue weighted by Gasteiger charge is -2.29. The molecule has 1 amide bonds. The van der Waals surface area contributed by atoms with Crippen LogP contribution in [0.5, 0.6) is 0 Å². The van der Waals surface area contributed by atoms with Crippen LogP contribution in [0.4, 0.5) is 5.13 Å². The van der Waals surface area contributed by atoms with Crippen molar-refractivity contribution in [3.8, 4) is 0 Å². The van der Waals surface area contributed by atoms with Crippen molar-refractivity contribution in [3.05, 3.63) is 40.7 Å². The maximum absolute atomic E-state index is 13.4. The van der Waals surface area contributed by atoms with Gasteiger partial charge in [0.15, 0.2) is 10.8 Å². The van der Waals surface area contributed by atoms with E-state index >= 15 is 0 Å². The van der Waals surface area contributed by atoms with Crippen LogP contribution in [-0.4, -0.2) is 65.0 Å². The van der Waals surface area contributed by atoms with Crippen molar-refractivity contribution in [2.24, 2.45) is 0 Å². The summed E-state index contributed by atoms with van der Waals surface area (Å²) in [5, 5.41) is 5.73. The molecular formula is C20H25Cl2N5O2S. The lowest BCUT2D eigenvalue weighted by atomic mass is 10.3. The molecule has 30 heavy (non-hydrogen) atoms. The molecule has 1 aliphatic rings. The molecule has 2 aromatic heterocycles. The minimum absolute atomic E-state index is 0. The summed E-state index contributed by atoms with van der Waals surface area (Å²) in [6, 6.07) is 7.54. The maximum Gasteiger partial charge on any atom is 0.280 e. The number of nitrogens with zero attached hydrogens (tertiary/aromatic N) is 5. The number of rotatable bonds is 6. The Morgan fingerprint density at radius 2 is 2.10 bits per heavy atom. The molecule has 3 aromatic rings. The Bertz CT molecular complexity index is 1020. The second-order valence-electron chi connectivity index (χ2n) is 6.98. The van der Waals surface area contributed by atoms with Crippen molar-refractivity contribution < 1.29 is 9.53 Å². The first-order chi connectivity index (χ1) is 14.1. The lowest BCUT2D eigenvalue weighted by Crippen LogP contribution is -2.43. The van der Waals surface area contributed by atoms with E-state index in [1.807, 2.05) is 42.8 Å². The number of benzene rings is 1. The molecule has 0 radical (unpaired) electrons. The standard InChI is InChI=1S/C20H24ClN5O2S.ClH/c1-3-26-14(2)13-16(23-26)19(27)25(8-7-24-9-11-28-12-10-24)20-22-18-15(21)5-4-6-17(18)29-20;/h4-6,13H,3,7-12H2,1-2H3;1H. The molecule has 3 heterocycles. The number of thiazole rings is 1. The first-order valence-corrected chi connectivity index (χ1v) is 11.0. The zero-order chi connectivity index (χ0) is 20.4. The normalized spacial score (nSPS) is 14.6. The fourth-order valence-electron chi connectivity index (χ4n) is 3.44. The molecule has 0 atom stereocenters. The summed E-state index contributed by atoms with van der Waals surface area (Å²) < 4.78 is 8.23. The van der Waals surface area contributed by atoms with E-state index in [0.717, 1.165) is 55.3 Å². The molecule has 162 valence electrons. The molecule has 1 fully saturated rings. The van der Waals surface area contributed by atoms with Crippen molar-refractivity contribution in [2.45, 2.75) is 20.4 Å². The average molecular weight is 470 g/mol. The highest BCUT2D eigenvalue weighted by atomic mass is 35.5. The molecular weight excluding hydrogens is 445 g/mol. The summed E-state index contributed by atoms with van der Waals surface area (Å²) in [5.74, 6) is -0.135. The number of aromatic nitrogens is 3. The fraction of sp³-hybridized carbons (Fsp3) is 0.450. The van der Waals surface area contributed by atoms with E-state index in [0.29, 0.717) is 22.4 Å². The van der Waals surface area contributed by atoms with Gasteiger partial charge in [0.05, 0.1) is 22.9 Å². The van der Waals surface area contributed by atoms with E-state index < -0.39 is 0 Å². The van der Waals surface area contributed by atoms with Gasteiger partial charge in [0.25, 0.3) is 5.91 Å². The van der Waals surface area contributed by atoms with Crippen molar-refractivity contribution in [2.75, 3.05) is 44.3 Å². The Kier molecular flexibility index (Phi) is 7.70. The Morgan fingerprint density at radius 1 is 1.33 bits per heavy atom. The highest BCUT2D eigenvalue weighted by Crippen LogP contribution is 2.33. The summed E-state index contributed by atoms with van der Waals surface area (Å²) in [4.78, 5) is 22.1. The molecule has 1 aliphatic heterocycles. The highest BCUT2D eigenvalue weighted by Gasteiger charge is 2.25. The van der Waals surface area contributed by atoms with Gasteiger partial charge >= 0.3 is 0 Å². The van der Waals surface area contributed by atoms with Crippen molar-refractivity contribution in [1.29, 1.82) is 0 Å². The van der Waals surface area contributed by atoms with Gasteiger partial charge in [0.1, 0.15) is 5.52 Å². The number of ether oxygens (including phenoxy) is 1. The second-order valence-corrected chi connectivity index (χ2v) is 8.40. The van der Waals surface area contributed by atoms with Gasteiger partial charge in [0, 0.05) is 38.4 Å². The Hall–Kier alpha value is -1.71. The number of hydrogen-bond acceptors (Lipinski definition) is 6. The van der Waals surface area contributed by atoms with E-state index in [1.54, 1.807) is 4.90 Å². The number of fused-ring (bicyclic) bond motifs is 1. The van der Waals surface area contributed by atoms with Crippen LogP contribution in [0.25, 0.3) is 10.2 Å². The zero-order valence-electron chi connectivity index (χ0n) is 17.0. The largest absolute Gasteiger partial charge is 0.379 e. The number of aryl methyl sites for hydroxylation is 2. The second kappa shape index (κ2) is 10.1. The number of halogens is 2. The molecule has 0 spiro atoms. The van der Waals surface area contributed by atoms with Crippen LogP contribution in [0.15, 0.2) is 24.3 Å². The Labute approximate surface area is 191 Å². The van der Waals surface area contributed by atoms with Gasteiger partial charge in [-0.05, 0) is 32.0 Å². The third kappa shape index (κ3) is 4.78. The SMILES string of the molecule is CCn1nc(C(=O)N(CCN2CCOCC2)c2nc3c(Cl)cccc3s2)cc1C.Cl. The number of amides is 1. The minimum Gasteiger partial charge on any atom is -0.379 e. The topological polar surface area (TPSA) is 63.5 Å². The van der Waals surface area contributed by atoms with E-state index in [2.05, 4.69) is 15.0 Å². The fourth-order valence-corrected chi connectivity index (χ4v) is 4.73. The van der Waals surface area contributed by atoms with Crippen LogP contribution in [0, 0.1) is 6.92 Å². The van der Waals surface area contributed by atoms with E-state index in [9.17, 15) is 4.79 Å². The van der Waals surface area contributed by atoms with Crippen LogP contribution >= 0.6 is 35.3 Å². The predicted octanol–water partition coefficient (Wildman–Crippen LogP) is 3.88. The summed E-state index contributed by atoms with van der Waals surface area (Å²) in [5.41, 5.74) is 2.14. The molecule has 10 heteroatoms. The van der Waals surface area contributed by atoms with Gasteiger partial charge in [-0.25, -0.2) is 4.98 Å². The van der Waals surface area contributed by atoms with Crippen molar-refractivity contribution in [1.82, 2.24) is 19.7 Å². The number of carbonyl (C=O) groups excluding carboxylic acids is 1. The number of carbonyl (C=O) groups is 1. The van der Waals surface area contributed by atoms with Gasteiger partial charge in [-0.3, -0.25) is 19.3 Å². The minimum atomic E-state index is -0.135. The number of hydrogen-bond donors (Lipinski definition) is 0. The third-order valence-corrected chi connectivity index (χ3v) is 6.43. The summed E-state index contributed by atoms with van der Waals surface area (Å²) in [6.07, 6.45) is 0. The van der Waals surface area contributed by atoms with Crippen LogP contribution in [0.3, 0.4) is 0 Å². The molecule has 0 unspecified atom stereocenters. The van der Waals surface area contributed by atoms with Gasteiger partial charge in [0.2, 0.25) is 0 Å². The first-order valence-electron chi connectivity index (χ1n) is 9.78. The monoisotopic (exact) mass is 469 g/mol. The van der Waals surface area contributed by atoms with E-state index in [4.69, 9.17) is 16.3 Å². The van der Waals surface area contributed by atoms with Gasteiger partial charge in [-0.1, -0.05) is 29.0 Å². The lowest BCUT2D eigenvalue weighted by molar-refractivity contribution is 0.0391.